The van der Waals surface area contributed by atoms with Gasteiger partial charge in [-0.3, -0.25) is 4.79 Å². The van der Waals surface area contributed by atoms with E-state index in [1.165, 1.54) is 0 Å². The fraction of sp³-hybridized carbons (Fsp3) is 0.818. The minimum atomic E-state index is -0.762. The van der Waals surface area contributed by atoms with Crippen molar-refractivity contribution in [2.75, 3.05) is 13.2 Å². The molecule has 0 aliphatic rings. The minimum absolute atomic E-state index is 0.0201. The summed E-state index contributed by atoms with van der Waals surface area (Å²) in [6.07, 6.45) is 0.677. The molecule has 17 heavy (non-hydrogen) atoms. The maximum atomic E-state index is 11.7. The highest BCUT2D eigenvalue weighted by Gasteiger charge is 2.28. The first kappa shape index (κ1) is 16.2. The van der Waals surface area contributed by atoms with Crippen LogP contribution in [-0.4, -0.2) is 30.0 Å². The van der Waals surface area contributed by atoms with E-state index in [1.54, 1.807) is 0 Å². The Labute approximate surface area is 111 Å². The standard InChI is InChI=1S/C11H21BrN2O3/c1-11(2,3)8(12)9(15)14-6-4-5-7-17-10(13)16/h8H,4-7H2,1-3H3,(H2,13,16)(H,14,15). The molecule has 0 aliphatic heterocycles. The largest absolute Gasteiger partial charge is 0.450 e. The fourth-order valence-corrected chi connectivity index (χ4v) is 1.26. The van der Waals surface area contributed by atoms with Crippen molar-refractivity contribution in [2.24, 2.45) is 11.1 Å². The third-order valence-corrected chi connectivity index (χ3v) is 3.89. The number of halogens is 1. The summed E-state index contributed by atoms with van der Waals surface area (Å²) >= 11 is 3.37. The van der Waals surface area contributed by atoms with E-state index in [4.69, 9.17) is 5.73 Å². The molecule has 5 nitrogen and oxygen atoms in total. The summed E-state index contributed by atoms with van der Waals surface area (Å²) in [6.45, 7) is 6.84. The van der Waals surface area contributed by atoms with Crippen molar-refractivity contribution in [1.29, 1.82) is 0 Å². The van der Waals surface area contributed by atoms with Gasteiger partial charge < -0.3 is 15.8 Å². The molecule has 3 N–H and O–H groups in total. The first-order valence-corrected chi connectivity index (χ1v) is 6.50. The van der Waals surface area contributed by atoms with Gasteiger partial charge in [0.05, 0.1) is 11.4 Å². The molecule has 0 rings (SSSR count). The summed E-state index contributed by atoms with van der Waals surface area (Å²) in [4.78, 5) is 21.7. The fourth-order valence-electron chi connectivity index (χ4n) is 1.09. The minimum Gasteiger partial charge on any atom is -0.450 e. The molecule has 0 aromatic heterocycles. The van der Waals surface area contributed by atoms with Crippen LogP contribution in [0.25, 0.3) is 0 Å². The molecular weight excluding hydrogens is 288 g/mol. The van der Waals surface area contributed by atoms with Gasteiger partial charge in [-0.2, -0.15) is 0 Å². The number of carbonyl (C=O) groups is 2. The average molecular weight is 309 g/mol. The number of alkyl halides is 1. The number of hydrogen-bond donors (Lipinski definition) is 2. The molecule has 1 atom stereocenters. The number of amides is 2. The van der Waals surface area contributed by atoms with E-state index in [1.807, 2.05) is 20.8 Å². The molecular formula is C11H21BrN2O3. The summed E-state index contributed by atoms with van der Waals surface area (Å²) in [5, 5.41) is 2.82. The lowest BCUT2D eigenvalue weighted by atomic mass is 9.92. The van der Waals surface area contributed by atoms with E-state index in [-0.39, 0.29) is 16.1 Å². The molecule has 2 amide bonds. The van der Waals surface area contributed by atoms with Gasteiger partial charge in [-0.25, -0.2) is 4.79 Å². The van der Waals surface area contributed by atoms with Crippen LogP contribution in [0.4, 0.5) is 4.79 Å². The maximum absolute atomic E-state index is 11.7. The number of unbranched alkanes of at least 4 members (excludes halogenated alkanes) is 1. The lowest BCUT2D eigenvalue weighted by molar-refractivity contribution is -0.121. The maximum Gasteiger partial charge on any atom is 0.404 e. The number of rotatable bonds is 6. The monoisotopic (exact) mass is 308 g/mol. The first-order chi connectivity index (χ1) is 7.75. The summed E-state index contributed by atoms with van der Waals surface area (Å²) in [5.41, 5.74) is 4.69. The lowest BCUT2D eigenvalue weighted by Crippen LogP contribution is -2.39. The SMILES string of the molecule is CC(C)(C)C(Br)C(=O)NCCCCOC(N)=O. The predicted octanol–water partition coefficient (Wildman–Crippen LogP) is 1.79. The molecule has 0 aromatic rings. The van der Waals surface area contributed by atoms with E-state index in [9.17, 15) is 9.59 Å². The highest BCUT2D eigenvalue weighted by Crippen LogP contribution is 2.25. The van der Waals surface area contributed by atoms with Gasteiger partial charge in [-0.1, -0.05) is 36.7 Å². The molecule has 0 spiro atoms. The van der Waals surface area contributed by atoms with E-state index < -0.39 is 6.09 Å². The van der Waals surface area contributed by atoms with Crippen LogP contribution < -0.4 is 11.1 Å². The van der Waals surface area contributed by atoms with E-state index in [0.29, 0.717) is 19.6 Å². The number of nitrogens with two attached hydrogens (primary N) is 1. The molecule has 0 saturated heterocycles. The van der Waals surface area contributed by atoms with Gasteiger partial charge in [-0.05, 0) is 18.3 Å². The molecule has 0 fully saturated rings. The number of primary amides is 1. The highest BCUT2D eigenvalue weighted by molar-refractivity contribution is 9.10. The van der Waals surface area contributed by atoms with E-state index in [0.717, 1.165) is 6.42 Å². The Hall–Kier alpha value is -0.780. The van der Waals surface area contributed by atoms with Gasteiger partial charge in [0.1, 0.15) is 0 Å². The molecule has 0 bridgehead atoms. The van der Waals surface area contributed by atoms with Crippen molar-refractivity contribution < 1.29 is 14.3 Å². The van der Waals surface area contributed by atoms with Crippen LogP contribution in [0, 0.1) is 5.41 Å². The van der Waals surface area contributed by atoms with Crippen molar-refractivity contribution in [2.45, 2.75) is 38.4 Å². The Morgan fingerprint density at radius 1 is 1.35 bits per heavy atom. The van der Waals surface area contributed by atoms with Gasteiger partial charge in [0.2, 0.25) is 5.91 Å². The van der Waals surface area contributed by atoms with Crippen LogP contribution in [0.3, 0.4) is 0 Å². The summed E-state index contributed by atoms with van der Waals surface area (Å²) in [6, 6.07) is 0. The molecule has 0 heterocycles. The smallest absolute Gasteiger partial charge is 0.404 e. The van der Waals surface area contributed by atoms with Gasteiger partial charge in [0.15, 0.2) is 0 Å². The van der Waals surface area contributed by atoms with E-state index in [2.05, 4.69) is 26.0 Å². The zero-order valence-electron chi connectivity index (χ0n) is 10.6. The molecule has 0 aromatic carbocycles. The first-order valence-electron chi connectivity index (χ1n) is 5.59. The van der Waals surface area contributed by atoms with Crippen LogP contribution in [-0.2, 0) is 9.53 Å². The quantitative estimate of drug-likeness (QED) is 0.580. The zero-order valence-corrected chi connectivity index (χ0v) is 12.2. The molecule has 100 valence electrons. The summed E-state index contributed by atoms with van der Waals surface area (Å²) in [7, 11) is 0. The second-order valence-electron chi connectivity index (χ2n) is 4.89. The molecule has 0 saturated carbocycles. The average Bonchev–Trinajstić information content (AvgIpc) is 2.19. The van der Waals surface area contributed by atoms with Crippen molar-refractivity contribution in [3.8, 4) is 0 Å². The van der Waals surface area contributed by atoms with Crippen LogP contribution >= 0.6 is 15.9 Å². The van der Waals surface area contributed by atoms with Crippen molar-refractivity contribution in [3.63, 3.8) is 0 Å². The number of hydrogen-bond acceptors (Lipinski definition) is 3. The Morgan fingerprint density at radius 3 is 2.41 bits per heavy atom. The van der Waals surface area contributed by atoms with Crippen molar-refractivity contribution in [1.82, 2.24) is 5.32 Å². The summed E-state index contributed by atoms with van der Waals surface area (Å²) in [5.74, 6) is -0.0201. The van der Waals surface area contributed by atoms with Gasteiger partial charge >= 0.3 is 6.09 Å². The van der Waals surface area contributed by atoms with Crippen LogP contribution in [0.1, 0.15) is 33.6 Å². The van der Waals surface area contributed by atoms with E-state index >= 15 is 0 Å². The Kier molecular flexibility index (Phi) is 7.18. The van der Waals surface area contributed by atoms with Crippen molar-refractivity contribution >= 4 is 27.9 Å². The number of carbonyl (C=O) groups excluding carboxylic acids is 2. The summed E-state index contributed by atoms with van der Waals surface area (Å²) < 4.78 is 4.57. The van der Waals surface area contributed by atoms with Gasteiger partial charge in [-0.15, -0.1) is 0 Å². The normalized spacial score (nSPS) is 12.9. The molecule has 6 heteroatoms. The number of ether oxygens (including phenoxy) is 1. The van der Waals surface area contributed by atoms with Gasteiger partial charge in [0.25, 0.3) is 0 Å². The third kappa shape index (κ3) is 8.01. The van der Waals surface area contributed by atoms with Crippen LogP contribution in [0.2, 0.25) is 0 Å². The molecule has 1 unspecified atom stereocenters. The van der Waals surface area contributed by atoms with Crippen LogP contribution in [0.15, 0.2) is 0 Å². The van der Waals surface area contributed by atoms with Gasteiger partial charge in [0, 0.05) is 6.54 Å². The highest BCUT2D eigenvalue weighted by atomic mass is 79.9. The number of nitrogens with one attached hydrogen (secondary N) is 1. The Balaban J connectivity index is 3.62. The Bertz CT molecular complexity index is 264. The predicted molar refractivity (Wildman–Crippen MR) is 69.9 cm³/mol. The third-order valence-electron chi connectivity index (χ3n) is 2.11. The van der Waals surface area contributed by atoms with Crippen LogP contribution in [0.5, 0.6) is 0 Å². The zero-order chi connectivity index (χ0) is 13.5. The second-order valence-corrected chi connectivity index (χ2v) is 5.81. The molecule has 0 radical (unpaired) electrons. The second kappa shape index (κ2) is 7.53. The topological polar surface area (TPSA) is 81.4 Å². The Morgan fingerprint density at radius 2 is 1.94 bits per heavy atom. The molecule has 0 aliphatic carbocycles. The lowest BCUT2D eigenvalue weighted by Gasteiger charge is -2.24. The van der Waals surface area contributed by atoms with Crippen molar-refractivity contribution in [3.05, 3.63) is 0 Å².